The molecule has 2 amide bonds. The van der Waals surface area contributed by atoms with E-state index in [2.05, 4.69) is 47.7 Å². The maximum atomic E-state index is 12.6. The summed E-state index contributed by atoms with van der Waals surface area (Å²) in [6, 6.07) is 7.11. The number of carbonyl (C=O) groups is 1. The van der Waals surface area contributed by atoms with Crippen molar-refractivity contribution in [3.05, 3.63) is 47.3 Å². The quantitative estimate of drug-likeness (QED) is 0.585. The van der Waals surface area contributed by atoms with E-state index in [-0.39, 0.29) is 11.6 Å². The van der Waals surface area contributed by atoms with Gasteiger partial charge in [-0.2, -0.15) is 0 Å². The summed E-state index contributed by atoms with van der Waals surface area (Å²) in [7, 11) is 0. The standard InChI is InChI=1S/C25H29N5O2/c1-25(2)14-29-24(31)30(25)22-12-28-23-19(22)10-17(11-27-23)16-8-15-5-7-32-13-20(15)18(9-16)21-4-3-6-26-21/h8-12,21,26H,3-7,13-14H2,1-2H3,(H,27,28)(H,29,31)/t21-/m0/s1. The van der Waals surface area contributed by atoms with E-state index in [0.717, 1.165) is 48.3 Å². The number of H-pyrrole nitrogens is 1. The molecule has 3 aliphatic rings. The van der Waals surface area contributed by atoms with Gasteiger partial charge in [0.1, 0.15) is 5.65 Å². The van der Waals surface area contributed by atoms with Crippen LogP contribution in [0.5, 0.6) is 0 Å². The molecule has 32 heavy (non-hydrogen) atoms. The number of urea groups is 1. The number of carbonyl (C=O) groups excluding carboxylic acids is 1. The maximum Gasteiger partial charge on any atom is 0.322 e. The highest BCUT2D eigenvalue weighted by atomic mass is 16.5. The van der Waals surface area contributed by atoms with Gasteiger partial charge in [0.15, 0.2) is 0 Å². The Bertz CT molecular complexity index is 1210. The molecule has 0 unspecified atom stereocenters. The van der Waals surface area contributed by atoms with Gasteiger partial charge in [-0.1, -0.05) is 6.07 Å². The van der Waals surface area contributed by atoms with Gasteiger partial charge >= 0.3 is 6.03 Å². The van der Waals surface area contributed by atoms with Gasteiger partial charge in [0.25, 0.3) is 0 Å². The lowest BCUT2D eigenvalue weighted by Gasteiger charge is -2.29. The first-order valence-electron chi connectivity index (χ1n) is 11.5. The SMILES string of the molecule is CC1(C)CNC(=O)N1c1c[nH]c2ncc(-c3cc4c(c([C@@H]5CCCN5)c3)COCC4)cc12. The highest BCUT2D eigenvalue weighted by molar-refractivity contribution is 6.05. The first-order valence-corrected chi connectivity index (χ1v) is 11.5. The van der Waals surface area contributed by atoms with Crippen LogP contribution in [-0.2, 0) is 17.8 Å². The molecular formula is C25H29N5O2. The van der Waals surface area contributed by atoms with Crippen LogP contribution in [-0.4, -0.2) is 41.2 Å². The van der Waals surface area contributed by atoms with E-state index < -0.39 is 0 Å². The van der Waals surface area contributed by atoms with E-state index in [1.165, 1.54) is 28.7 Å². The van der Waals surface area contributed by atoms with Crippen molar-refractivity contribution in [2.45, 2.75) is 51.3 Å². The van der Waals surface area contributed by atoms with Crippen molar-refractivity contribution in [2.24, 2.45) is 0 Å². The number of hydrogen-bond donors (Lipinski definition) is 3. The molecule has 5 heterocycles. The van der Waals surface area contributed by atoms with Crippen molar-refractivity contribution in [3.8, 4) is 11.1 Å². The second-order valence-electron chi connectivity index (χ2n) is 9.76. The molecule has 0 saturated carbocycles. The number of hydrogen-bond acceptors (Lipinski definition) is 4. The Labute approximate surface area is 187 Å². The van der Waals surface area contributed by atoms with E-state index in [1.54, 1.807) is 0 Å². The zero-order valence-electron chi connectivity index (χ0n) is 18.6. The van der Waals surface area contributed by atoms with Gasteiger partial charge in [-0.15, -0.1) is 0 Å². The van der Waals surface area contributed by atoms with Crippen molar-refractivity contribution in [3.63, 3.8) is 0 Å². The number of pyridine rings is 1. The highest BCUT2D eigenvalue weighted by Crippen LogP contribution is 2.38. The van der Waals surface area contributed by atoms with Gasteiger partial charge in [0.05, 0.1) is 24.4 Å². The van der Waals surface area contributed by atoms with Crippen molar-refractivity contribution in [1.82, 2.24) is 20.6 Å². The fourth-order valence-electron chi connectivity index (χ4n) is 5.43. The molecule has 166 valence electrons. The molecule has 2 fully saturated rings. The molecular weight excluding hydrogens is 402 g/mol. The summed E-state index contributed by atoms with van der Waals surface area (Å²) in [5.41, 5.74) is 7.73. The lowest BCUT2D eigenvalue weighted by atomic mass is 9.88. The third kappa shape index (κ3) is 3.11. The summed E-state index contributed by atoms with van der Waals surface area (Å²) in [4.78, 5) is 22.4. The number of fused-ring (bicyclic) bond motifs is 2. The van der Waals surface area contributed by atoms with E-state index in [4.69, 9.17) is 9.72 Å². The lowest BCUT2D eigenvalue weighted by molar-refractivity contribution is 0.109. The molecule has 7 heteroatoms. The van der Waals surface area contributed by atoms with Crippen LogP contribution in [0.15, 0.2) is 30.6 Å². The zero-order valence-corrected chi connectivity index (χ0v) is 18.6. The number of amides is 2. The maximum absolute atomic E-state index is 12.6. The smallest absolute Gasteiger partial charge is 0.322 e. The Kier molecular flexibility index (Phi) is 4.52. The van der Waals surface area contributed by atoms with Crippen LogP contribution in [0.4, 0.5) is 10.5 Å². The van der Waals surface area contributed by atoms with Crippen LogP contribution >= 0.6 is 0 Å². The van der Waals surface area contributed by atoms with Gasteiger partial charge in [0.2, 0.25) is 0 Å². The minimum Gasteiger partial charge on any atom is -0.376 e. The predicted octanol–water partition coefficient (Wildman–Crippen LogP) is 4.04. The second-order valence-corrected chi connectivity index (χ2v) is 9.76. The zero-order chi connectivity index (χ0) is 21.9. The summed E-state index contributed by atoms with van der Waals surface area (Å²) < 4.78 is 5.80. The summed E-state index contributed by atoms with van der Waals surface area (Å²) in [5, 5.41) is 7.59. The summed E-state index contributed by atoms with van der Waals surface area (Å²) in [5.74, 6) is 0. The lowest BCUT2D eigenvalue weighted by Crippen LogP contribution is -2.42. The first kappa shape index (κ1) is 19.8. The summed E-state index contributed by atoms with van der Waals surface area (Å²) in [6.45, 7) is 7.31. The van der Waals surface area contributed by atoms with Gasteiger partial charge in [-0.25, -0.2) is 9.78 Å². The number of nitrogens with one attached hydrogen (secondary N) is 3. The van der Waals surface area contributed by atoms with E-state index >= 15 is 0 Å². The molecule has 2 aromatic heterocycles. The minimum absolute atomic E-state index is 0.0651. The third-order valence-electron chi connectivity index (χ3n) is 7.14. The summed E-state index contributed by atoms with van der Waals surface area (Å²) in [6.07, 6.45) is 7.14. The molecule has 1 atom stereocenters. The molecule has 1 aromatic carbocycles. The van der Waals surface area contributed by atoms with E-state index in [1.807, 2.05) is 17.3 Å². The number of aromatic amines is 1. The highest BCUT2D eigenvalue weighted by Gasteiger charge is 2.39. The monoisotopic (exact) mass is 431 g/mol. The van der Waals surface area contributed by atoms with Crippen LogP contribution in [0.2, 0.25) is 0 Å². The molecule has 0 bridgehead atoms. The Balaban J connectivity index is 1.47. The number of rotatable bonds is 3. The van der Waals surface area contributed by atoms with Crippen LogP contribution < -0.4 is 15.5 Å². The molecule has 0 spiro atoms. The Hall–Kier alpha value is -2.90. The van der Waals surface area contributed by atoms with Crippen molar-refractivity contribution >= 4 is 22.8 Å². The van der Waals surface area contributed by atoms with Crippen molar-refractivity contribution in [1.29, 1.82) is 0 Å². The molecule has 7 nitrogen and oxygen atoms in total. The molecule has 0 aliphatic carbocycles. The van der Waals surface area contributed by atoms with E-state index in [0.29, 0.717) is 19.2 Å². The minimum atomic E-state index is -0.296. The molecule has 2 saturated heterocycles. The number of ether oxygens (including phenoxy) is 1. The fourth-order valence-corrected chi connectivity index (χ4v) is 5.43. The molecule has 3 aromatic rings. The second kappa shape index (κ2) is 7.32. The van der Waals surface area contributed by atoms with E-state index in [9.17, 15) is 4.79 Å². The number of nitrogens with zero attached hydrogens (tertiary/aromatic N) is 2. The van der Waals surface area contributed by atoms with Gasteiger partial charge in [-0.3, -0.25) is 4.90 Å². The van der Waals surface area contributed by atoms with Crippen molar-refractivity contribution < 1.29 is 9.53 Å². The number of benzene rings is 1. The van der Waals surface area contributed by atoms with Crippen LogP contribution in [0.3, 0.4) is 0 Å². The predicted molar refractivity (Wildman–Crippen MR) is 125 cm³/mol. The molecule has 3 N–H and O–H groups in total. The first-order chi connectivity index (χ1) is 15.5. The van der Waals surface area contributed by atoms with Crippen molar-refractivity contribution in [2.75, 3.05) is 24.6 Å². The van der Waals surface area contributed by atoms with Gasteiger partial charge in [0, 0.05) is 35.9 Å². The largest absolute Gasteiger partial charge is 0.376 e. The topological polar surface area (TPSA) is 82.3 Å². The average molecular weight is 432 g/mol. The van der Waals surface area contributed by atoms with Crippen LogP contribution in [0.25, 0.3) is 22.2 Å². The number of aromatic nitrogens is 2. The Morgan fingerprint density at radius 1 is 1.22 bits per heavy atom. The normalized spacial score (nSPS) is 22.4. The van der Waals surface area contributed by atoms with Crippen LogP contribution in [0.1, 0.15) is 49.4 Å². The fraction of sp³-hybridized carbons (Fsp3) is 0.440. The van der Waals surface area contributed by atoms with Crippen LogP contribution in [0, 0.1) is 0 Å². The summed E-state index contributed by atoms with van der Waals surface area (Å²) >= 11 is 0. The average Bonchev–Trinajstić information content (AvgIpc) is 3.52. The van der Waals surface area contributed by atoms with Gasteiger partial charge in [-0.05, 0) is 74.0 Å². The molecule has 0 radical (unpaired) electrons. The Morgan fingerprint density at radius 2 is 2.12 bits per heavy atom. The molecule has 3 aliphatic heterocycles. The number of anilines is 1. The Morgan fingerprint density at radius 3 is 2.91 bits per heavy atom. The molecule has 6 rings (SSSR count). The third-order valence-corrected chi connectivity index (χ3v) is 7.14. The van der Waals surface area contributed by atoms with Gasteiger partial charge < -0.3 is 20.4 Å².